The summed E-state index contributed by atoms with van der Waals surface area (Å²) in [6, 6.07) is 14.9. The quantitative estimate of drug-likeness (QED) is 0.0768. The van der Waals surface area contributed by atoms with Gasteiger partial charge in [-0.3, -0.25) is 4.79 Å². The van der Waals surface area contributed by atoms with E-state index in [0.717, 1.165) is 52.5 Å². The van der Waals surface area contributed by atoms with E-state index in [0.29, 0.717) is 39.4 Å². The minimum atomic E-state index is -4.45. The van der Waals surface area contributed by atoms with Gasteiger partial charge in [-0.05, 0) is 76.1 Å². The number of nitrogens with zero attached hydrogens (tertiary/aromatic N) is 3. The molecule has 1 fully saturated rings. The van der Waals surface area contributed by atoms with Crippen LogP contribution in [0.1, 0.15) is 77.7 Å². The predicted octanol–water partition coefficient (Wildman–Crippen LogP) is 12.3. The first-order chi connectivity index (χ1) is 28.1. The molecule has 2 heterocycles. The highest BCUT2D eigenvalue weighted by Crippen LogP contribution is 2.51. The van der Waals surface area contributed by atoms with Crippen molar-refractivity contribution in [3.8, 4) is 21.1 Å². The number of benzene rings is 3. The molecular formula is C42H45F10N3O5S3. The molecule has 1 amide bonds. The molecule has 0 bridgehead atoms. The van der Waals surface area contributed by atoms with E-state index in [1.165, 1.54) is 57.3 Å². The number of rotatable bonds is 11. The van der Waals surface area contributed by atoms with Gasteiger partial charge in [0.25, 0.3) is 21.9 Å². The molecule has 2 aromatic heterocycles. The summed E-state index contributed by atoms with van der Waals surface area (Å²) in [6.07, 6.45) is -11.5. The molecule has 1 saturated carbocycles. The highest BCUT2D eigenvalue weighted by Gasteiger charge is 2.53. The number of aromatic nitrogens is 2. The Morgan fingerprint density at radius 2 is 1.08 bits per heavy atom. The van der Waals surface area contributed by atoms with Crippen molar-refractivity contribution in [1.82, 2.24) is 14.3 Å². The fraction of sp³-hybridized carbons (Fsp3) is 0.357. The molecule has 63 heavy (non-hydrogen) atoms. The summed E-state index contributed by atoms with van der Waals surface area (Å²) >= 11 is 1.69. The number of halogens is 10. The minimum absolute atomic E-state index is 0. The average molecular weight is 958 g/mol. The molecule has 0 saturated heterocycles. The molecular weight excluding hydrogens is 913 g/mol. The first-order valence-corrected chi connectivity index (χ1v) is 20.8. The number of carbonyl (C=O) groups is 1. The Hall–Kier alpha value is -4.70. The number of sulfonamides is 1. The van der Waals surface area contributed by atoms with E-state index in [1.807, 2.05) is 6.92 Å². The Labute approximate surface area is 366 Å². The number of amides is 1. The van der Waals surface area contributed by atoms with Crippen LogP contribution in [-0.4, -0.2) is 58.2 Å². The Morgan fingerprint density at radius 1 is 0.698 bits per heavy atom. The highest BCUT2D eigenvalue weighted by atomic mass is 32.2. The van der Waals surface area contributed by atoms with Crippen molar-refractivity contribution >= 4 is 39.1 Å². The maximum absolute atomic E-state index is 14.1. The molecule has 0 spiro atoms. The maximum Gasteiger partial charge on any atom is 0.416 e. The second-order valence-corrected chi connectivity index (χ2v) is 17.7. The van der Waals surface area contributed by atoms with Crippen molar-refractivity contribution in [1.29, 1.82) is 0 Å². The van der Waals surface area contributed by atoms with Crippen LogP contribution < -0.4 is 0 Å². The second kappa shape index (κ2) is 20.9. The molecule has 346 valence electrons. The third kappa shape index (κ3) is 13.2. The third-order valence-corrected chi connectivity index (χ3v) is 13.3. The fourth-order valence-corrected chi connectivity index (χ4v) is 8.40. The summed E-state index contributed by atoms with van der Waals surface area (Å²) in [5.74, 6) is -7.55. The standard InChI is InChI=1S/C16H14F5NOS.C15H12F5NOS.C9H11NO3S.2CH4/c1-8-12(13(23)15(17,18)10-6-7-10)24-14(22-8)9-2-4-11(5-3-9)16(19,20)21;1-3-14(16,17)12(22)11-8(2)21-13(23-11)9-4-6-10(7-5-9)15(18,19)20;1-8-3-5-9(6-4-8)14(12,13)10(2)7-11;;/h2-5,10,13,23H,6-7H2,1H3;3-7,12,22H,1H2,2H3;3-7H,1-2H3;2*1H4. The van der Waals surface area contributed by atoms with E-state index in [2.05, 4.69) is 16.5 Å². The van der Waals surface area contributed by atoms with Gasteiger partial charge in [-0.25, -0.2) is 31.5 Å². The van der Waals surface area contributed by atoms with Gasteiger partial charge in [0.1, 0.15) is 10.0 Å². The van der Waals surface area contributed by atoms with Gasteiger partial charge >= 0.3 is 12.4 Å². The molecule has 0 radical (unpaired) electrons. The van der Waals surface area contributed by atoms with Crippen molar-refractivity contribution in [2.75, 3.05) is 7.05 Å². The lowest BCUT2D eigenvalue weighted by Gasteiger charge is -2.21. The van der Waals surface area contributed by atoms with Crippen LogP contribution in [0.2, 0.25) is 0 Å². The molecule has 5 aromatic rings. The van der Waals surface area contributed by atoms with Gasteiger partial charge in [0, 0.05) is 24.1 Å². The van der Waals surface area contributed by atoms with E-state index < -0.39 is 63.5 Å². The topological polar surface area (TPSA) is 121 Å². The van der Waals surface area contributed by atoms with Gasteiger partial charge in [0.15, 0.2) is 12.2 Å². The molecule has 2 atom stereocenters. The van der Waals surface area contributed by atoms with Crippen LogP contribution in [0, 0.1) is 26.7 Å². The Balaban J connectivity index is 0.000000331. The number of aliphatic hydroxyl groups is 2. The lowest BCUT2D eigenvalue weighted by atomic mass is 10.1. The van der Waals surface area contributed by atoms with Gasteiger partial charge in [0.05, 0.1) is 37.2 Å². The number of thiazole rings is 2. The zero-order valence-corrected chi connectivity index (χ0v) is 34.9. The molecule has 2 N–H and O–H groups in total. The molecule has 1 aliphatic carbocycles. The first-order valence-electron chi connectivity index (χ1n) is 17.7. The summed E-state index contributed by atoms with van der Waals surface area (Å²) in [4.78, 5) is 18.6. The number of hydrogen-bond acceptors (Lipinski definition) is 9. The van der Waals surface area contributed by atoms with Crippen LogP contribution in [0.5, 0.6) is 0 Å². The van der Waals surface area contributed by atoms with E-state index in [-0.39, 0.29) is 52.3 Å². The van der Waals surface area contributed by atoms with E-state index in [1.54, 1.807) is 12.1 Å². The Kier molecular flexibility index (Phi) is 18.0. The maximum atomic E-state index is 14.1. The fourth-order valence-electron chi connectivity index (χ4n) is 5.26. The van der Waals surface area contributed by atoms with Crippen LogP contribution in [0.25, 0.3) is 21.1 Å². The molecule has 1 aliphatic rings. The normalized spacial score (nSPS) is 14.0. The average Bonchev–Trinajstić information content (AvgIpc) is 3.91. The molecule has 3 aromatic carbocycles. The smallest absolute Gasteiger partial charge is 0.381 e. The third-order valence-electron chi connectivity index (χ3n) is 9.05. The van der Waals surface area contributed by atoms with Gasteiger partial charge in [-0.15, -0.1) is 22.7 Å². The number of aryl methyl sites for hydroxylation is 3. The summed E-state index contributed by atoms with van der Waals surface area (Å²) < 4.78 is 154. The van der Waals surface area contributed by atoms with Gasteiger partial charge in [0.2, 0.25) is 6.41 Å². The largest absolute Gasteiger partial charge is 0.416 e. The van der Waals surface area contributed by atoms with Crippen LogP contribution in [0.15, 0.2) is 90.3 Å². The Morgan fingerprint density at radius 3 is 1.41 bits per heavy atom. The zero-order chi connectivity index (χ0) is 45.9. The number of carbonyl (C=O) groups excluding carboxylic acids is 1. The number of hydrogen-bond donors (Lipinski definition) is 2. The summed E-state index contributed by atoms with van der Waals surface area (Å²) in [5.41, 5.74) is 0.572. The monoisotopic (exact) mass is 957 g/mol. The lowest BCUT2D eigenvalue weighted by molar-refractivity contribution is -0.138. The van der Waals surface area contributed by atoms with Gasteiger partial charge in [-0.2, -0.15) is 35.1 Å². The summed E-state index contributed by atoms with van der Waals surface area (Å²) in [6.45, 7) is 7.79. The van der Waals surface area contributed by atoms with E-state index in [9.17, 15) is 67.3 Å². The summed E-state index contributed by atoms with van der Waals surface area (Å²) in [7, 11) is -2.43. The van der Waals surface area contributed by atoms with Crippen LogP contribution in [0.3, 0.4) is 0 Å². The number of aliphatic hydroxyl groups excluding tert-OH is 2. The van der Waals surface area contributed by atoms with Crippen molar-refractivity contribution < 1.29 is 67.3 Å². The lowest BCUT2D eigenvalue weighted by Crippen LogP contribution is -2.28. The van der Waals surface area contributed by atoms with Gasteiger partial charge < -0.3 is 10.2 Å². The van der Waals surface area contributed by atoms with E-state index >= 15 is 0 Å². The van der Waals surface area contributed by atoms with Gasteiger partial charge in [-0.1, -0.05) is 63.4 Å². The van der Waals surface area contributed by atoms with Crippen LogP contribution in [-0.2, 0) is 27.2 Å². The molecule has 0 aliphatic heterocycles. The summed E-state index contributed by atoms with van der Waals surface area (Å²) in [5, 5.41) is 20.3. The van der Waals surface area contributed by atoms with Crippen LogP contribution >= 0.6 is 22.7 Å². The minimum Gasteiger partial charge on any atom is -0.381 e. The zero-order valence-electron chi connectivity index (χ0n) is 32.4. The van der Waals surface area contributed by atoms with Crippen molar-refractivity contribution in [2.45, 2.75) is 89.8 Å². The molecule has 8 nitrogen and oxygen atoms in total. The van der Waals surface area contributed by atoms with E-state index in [4.69, 9.17) is 0 Å². The molecule has 6 rings (SSSR count). The number of alkyl halides is 10. The SMILES string of the molecule is C.C.C=CC(F)(F)C(O)c1sc(-c2ccc(C(F)(F)F)cc2)nc1C.Cc1ccc(S(=O)(=O)N(C)C=O)cc1.Cc1nc(-c2ccc(C(F)(F)F)cc2)sc1C(O)C(F)(F)C1CC1. The Bertz CT molecular complexity index is 2400. The first kappa shape index (κ1) is 54.4. The van der Waals surface area contributed by atoms with Crippen LogP contribution in [0.4, 0.5) is 43.9 Å². The van der Waals surface area contributed by atoms with Crippen molar-refractivity contribution in [3.63, 3.8) is 0 Å². The molecule has 2 unspecified atom stereocenters. The molecule has 21 heteroatoms. The predicted molar refractivity (Wildman–Crippen MR) is 223 cm³/mol. The van der Waals surface area contributed by atoms with Crippen molar-refractivity contribution in [3.05, 3.63) is 123 Å². The van der Waals surface area contributed by atoms with Crippen molar-refractivity contribution in [2.24, 2.45) is 5.92 Å². The highest BCUT2D eigenvalue weighted by molar-refractivity contribution is 7.89. The second-order valence-electron chi connectivity index (χ2n) is 13.7.